The van der Waals surface area contributed by atoms with Gasteiger partial charge in [-0.2, -0.15) is 4.98 Å². The monoisotopic (exact) mass is 446 g/mol. The minimum Gasteiger partial charge on any atom is -0.464 e. The van der Waals surface area contributed by atoms with Gasteiger partial charge in [0.15, 0.2) is 5.65 Å². The van der Waals surface area contributed by atoms with Crippen LogP contribution in [-0.4, -0.2) is 40.8 Å². The minimum atomic E-state index is -0.431. The van der Waals surface area contributed by atoms with E-state index in [4.69, 9.17) is 4.74 Å². The number of rotatable bonds is 5. The summed E-state index contributed by atoms with van der Waals surface area (Å²) < 4.78 is 22.1. The number of benzene rings is 2. The first-order valence-corrected chi connectivity index (χ1v) is 10.2. The van der Waals surface area contributed by atoms with Crippen LogP contribution in [0.3, 0.4) is 0 Å². The Balaban J connectivity index is 1.80. The molecule has 3 aromatic heterocycles. The molecule has 0 amide bonds. The fourth-order valence-electron chi connectivity index (χ4n) is 3.71. The number of aliphatic hydroxyl groups excluding tert-OH is 1. The molecule has 0 fully saturated rings. The Labute approximate surface area is 186 Å². The zero-order chi connectivity index (χ0) is 23.1. The largest absolute Gasteiger partial charge is 0.464 e. The van der Waals surface area contributed by atoms with E-state index >= 15 is 0 Å². The second-order valence-corrected chi connectivity index (χ2v) is 7.32. The first-order chi connectivity index (χ1) is 16.0. The Morgan fingerprint density at radius 1 is 1.06 bits per heavy atom. The van der Waals surface area contributed by atoms with Crippen LogP contribution in [0.2, 0.25) is 0 Å². The Morgan fingerprint density at radius 2 is 1.85 bits per heavy atom. The molecule has 5 rings (SSSR count). The highest BCUT2D eigenvalue weighted by atomic mass is 19.1. The third-order valence-electron chi connectivity index (χ3n) is 5.32. The molecule has 0 aliphatic carbocycles. The molecule has 1 N–H and O–H groups in total. The maximum Gasteiger partial charge on any atom is 0.318 e. The lowest BCUT2D eigenvalue weighted by Crippen LogP contribution is -2.23. The van der Waals surface area contributed by atoms with Crippen LogP contribution < -0.4 is 10.3 Å². The number of ether oxygens (including phenoxy) is 1. The number of aliphatic hydroxyl groups is 1. The van der Waals surface area contributed by atoms with Crippen molar-refractivity contribution in [1.29, 1.82) is 0 Å². The van der Waals surface area contributed by atoms with Crippen molar-refractivity contribution in [3.8, 4) is 23.0 Å². The van der Waals surface area contributed by atoms with Crippen LogP contribution >= 0.6 is 0 Å². The van der Waals surface area contributed by atoms with Gasteiger partial charge in [-0.25, -0.2) is 19.3 Å². The number of hydrogen-bond donors (Lipinski definition) is 1. The average molecular weight is 446 g/mol. The number of imidazole rings is 1. The standard InChI is InChI=1S/C23H19FN6O3/c1-3-33-23-25-11-17-21(28-23)30(15-7-5-14(24)6-8-15)22(32)20(27-17)13-4-9-16-18(10-13)29(2)19(12-31)26-16/h4-11,31H,3,12H2,1-2H3. The average Bonchev–Trinajstić information content (AvgIpc) is 3.15. The lowest BCUT2D eigenvalue weighted by molar-refractivity contribution is 0.268. The molecule has 2 aromatic carbocycles. The minimum absolute atomic E-state index is 0.114. The van der Waals surface area contributed by atoms with E-state index in [1.54, 1.807) is 36.7 Å². The van der Waals surface area contributed by atoms with Gasteiger partial charge in [-0.1, -0.05) is 6.07 Å². The summed E-state index contributed by atoms with van der Waals surface area (Å²) in [6.07, 6.45) is 1.49. The summed E-state index contributed by atoms with van der Waals surface area (Å²) in [4.78, 5) is 31.1. The van der Waals surface area contributed by atoms with Crippen molar-refractivity contribution in [3.05, 3.63) is 70.7 Å². The summed E-state index contributed by atoms with van der Waals surface area (Å²) in [5.41, 5.74) is 2.79. The summed E-state index contributed by atoms with van der Waals surface area (Å²) in [5.74, 6) is 0.0885. The van der Waals surface area contributed by atoms with Gasteiger partial charge >= 0.3 is 6.01 Å². The molecule has 0 unspecified atom stereocenters. The molecule has 0 atom stereocenters. The highest BCUT2D eigenvalue weighted by Gasteiger charge is 2.18. The van der Waals surface area contributed by atoms with E-state index in [1.807, 2.05) is 0 Å². The number of halogens is 1. The third kappa shape index (κ3) is 3.50. The molecule has 0 saturated heterocycles. The van der Waals surface area contributed by atoms with E-state index in [2.05, 4.69) is 19.9 Å². The second kappa shape index (κ2) is 8.06. The van der Waals surface area contributed by atoms with Crippen molar-refractivity contribution in [2.75, 3.05) is 6.61 Å². The van der Waals surface area contributed by atoms with Gasteiger partial charge in [-0.3, -0.25) is 9.36 Å². The molecule has 10 heteroatoms. The molecule has 166 valence electrons. The second-order valence-electron chi connectivity index (χ2n) is 7.32. The van der Waals surface area contributed by atoms with E-state index in [-0.39, 0.29) is 24.0 Å². The van der Waals surface area contributed by atoms with Crippen molar-refractivity contribution >= 4 is 22.2 Å². The summed E-state index contributed by atoms with van der Waals surface area (Å²) in [6, 6.07) is 11.0. The van der Waals surface area contributed by atoms with Gasteiger partial charge in [0.1, 0.15) is 29.5 Å². The lowest BCUT2D eigenvalue weighted by Gasteiger charge is -2.12. The van der Waals surface area contributed by atoms with Gasteiger partial charge in [0.25, 0.3) is 5.56 Å². The van der Waals surface area contributed by atoms with Crippen LogP contribution in [0.25, 0.3) is 39.1 Å². The Morgan fingerprint density at radius 3 is 2.58 bits per heavy atom. The van der Waals surface area contributed by atoms with Gasteiger partial charge in [0.2, 0.25) is 0 Å². The number of hydrogen-bond acceptors (Lipinski definition) is 7. The maximum absolute atomic E-state index is 13.7. The molecule has 5 aromatic rings. The quantitative estimate of drug-likeness (QED) is 0.442. The number of fused-ring (bicyclic) bond motifs is 2. The van der Waals surface area contributed by atoms with Gasteiger partial charge in [0, 0.05) is 12.6 Å². The maximum atomic E-state index is 13.7. The van der Waals surface area contributed by atoms with Crippen molar-refractivity contribution in [3.63, 3.8) is 0 Å². The molecule has 33 heavy (non-hydrogen) atoms. The van der Waals surface area contributed by atoms with E-state index in [1.165, 1.54) is 35.0 Å². The molecule has 9 nitrogen and oxygen atoms in total. The molecule has 0 spiro atoms. The zero-order valence-corrected chi connectivity index (χ0v) is 17.9. The topological polar surface area (TPSA) is 108 Å². The van der Waals surface area contributed by atoms with Gasteiger partial charge in [-0.05, 0) is 43.3 Å². The molecule has 0 radical (unpaired) electrons. The van der Waals surface area contributed by atoms with Crippen molar-refractivity contribution in [2.45, 2.75) is 13.5 Å². The molecule has 0 aliphatic rings. The predicted octanol–water partition coefficient (Wildman–Crippen LogP) is 2.76. The highest BCUT2D eigenvalue weighted by Crippen LogP contribution is 2.24. The number of aryl methyl sites for hydroxylation is 1. The Hall–Kier alpha value is -4.18. The normalized spacial score (nSPS) is 11.4. The fourth-order valence-corrected chi connectivity index (χ4v) is 3.71. The highest BCUT2D eigenvalue weighted by molar-refractivity contribution is 5.83. The molecule has 0 saturated carbocycles. The summed E-state index contributed by atoms with van der Waals surface area (Å²) in [6.45, 7) is 1.96. The predicted molar refractivity (Wildman–Crippen MR) is 120 cm³/mol. The Kier molecular flexibility index (Phi) is 5.06. The summed E-state index contributed by atoms with van der Waals surface area (Å²) in [7, 11) is 1.79. The van der Waals surface area contributed by atoms with Crippen LogP contribution in [0.4, 0.5) is 4.39 Å². The number of nitrogens with zero attached hydrogens (tertiary/aromatic N) is 6. The van der Waals surface area contributed by atoms with Crippen LogP contribution in [0.1, 0.15) is 12.7 Å². The summed E-state index contributed by atoms with van der Waals surface area (Å²) >= 11 is 0. The first kappa shape index (κ1) is 20.7. The van der Waals surface area contributed by atoms with E-state index in [0.29, 0.717) is 34.7 Å². The third-order valence-corrected chi connectivity index (χ3v) is 5.32. The van der Waals surface area contributed by atoms with E-state index < -0.39 is 11.4 Å². The summed E-state index contributed by atoms with van der Waals surface area (Å²) in [5, 5.41) is 9.51. The Bertz CT molecular complexity index is 1560. The number of aromatic nitrogens is 6. The molecular formula is C23H19FN6O3. The SMILES string of the molecule is CCOc1ncc2nc(-c3ccc4nc(CO)n(C)c4c3)c(=O)n(-c3ccc(F)cc3)c2n1. The van der Waals surface area contributed by atoms with E-state index in [0.717, 1.165) is 5.52 Å². The molecule has 3 heterocycles. The van der Waals surface area contributed by atoms with Crippen LogP contribution in [0.15, 0.2) is 53.5 Å². The van der Waals surface area contributed by atoms with Crippen molar-refractivity contribution < 1.29 is 14.2 Å². The molecule has 0 bridgehead atoms. The molecular weight excluding hydrogens is 427 g/mol. The van der Waals surface area contributed by atoms with Gasteiger partial charge in [0.05, 0.1) is 29.5 Å². The smallest absolute Gasteiger partial charge is 0.318 e. The fraction of sp³-hybridized carbons (Fsp3) is 0.174. The van der Waals surface area contributed by atoms with Crippen molar-refractivity contribution in [1.82, 2.24) is 29.1 Å². The van der Waals surface area contributed by atoms with Crippen molar-refractivity contribution in [2.24, 2.45) is 7.05 Å². The van der Waals surface area contributed by atoms with E-state index in [9.17, 15) is 14.3 Å². The van der Waals surface area contributed by atoms with Crippen LogP contribution in [-0.2, 0) is 13.7 Å². The van der Waals surface area contributed by atoms with Gasteiger partial charge < -0.3 is 14.4 Å². The molecule has 0 aliphatic heterocycles. The lowest BCUT2D eigenvalue weighted by atomic mass is 10.1. The van der Waals surface area contributed by atoms with Crippen LogP contribution in [0.5, 0.6) is 6.01 Å². The van der Waals surface area contributed by atoms with Gasteiger partial charge in [-0.15, -0.1) is 0 Å². The first-order valence-electron chi connectivity index (χ1n) is 10.2. The van der Waals surface area contributed by atoms with Crippen LogP contribution in [0, 0.1) is 5.82 Å². The zero-order valence-electron chi connectivity index (χ0n) is 17.9.